The van der Waals surface area contributed by atoms with Crippen LogP contribution in [0.1, 0.15) is 42.0 Å². The van der Waals surface area contributed by atoms with Crippen molar-refractivity contribution in [2.75, 3.05) is 13.7 Å². The summed E-state index contributed by atoms with van der Waals surface area (Å²) in [5.74, 6) is 0.595. The van der Waals surface area contributed by atoms with Gasteiger partial charge >= 0.3 is 5.97 Å². The van der Waals surface area contributed by atoms with E-state index in [0.29, 0.717) is 30.3 Å². The average molecular weight is 466 g/mol. The molecule has 1 aliphatic rings. The standard InChI is InChI=1S/C27H28ClNO4/c1-32-25-14-13-21(28)17-23(25)26(29-15-6-5-12-24(29)27(30)31)20-10-7-11-22(16-20)33-18-19-8-3-2-4-9-19/h2-4,7-11,13-14,16-17,24,26H,5-6,12,15,18H2,1H3,(H,30,31). The molecule has 172 valence electrons. The van der Waals surface area contributed by atoms with Crippen LogP contribution in [0, 0.1) is 0 Å². The maximum absolute atomic E-state index is 12.2. The van der Waals surface area contributed by atoms with Crippen LogP contribution in [-0.2, 0) is 11.4 Å². The highest BCUT2D eigenvalue weighted by Crippen LogP contribution is 2.40. The van der Waals surface area contributed by atoms with Crippen LogP contribution in [0.2, 0.25) is 5.02 Å². The molecule has 2 unspecified atom stereocenters. The molecule has 1 fully saturated rings. The zero-order chi connectivity index (χ0) is 23.2. The van der Waals surface area contributed by atoms with Crippen molar-refractivity contribution in [2.45, 2.75) is 38.0 Å². The third kappa shape index (κ3) is 5.49. The minimum Gasteiger partial charge on any atom is -0.496 e. The third-order valence-electron chi connectivity index (χ3n) is 6.07. The first-order valence-corrected chi connectivity index (χ1v) is 11.5. The number of piperidine rings is 1. The molecule has 0 aromatic heterocycles. The van der Waals surface area contributed by atoms with Crippen LogP contribution in [0.4, 0.5) is 0 Å². The molecule has 5 nitrogen and oxygen atoms in total. The lowest BCUT2D eigenvalue weighted by Crippen LogP contribution is -2.46. The molecule has 1 N–H and O–H groups in total. The monoisotopic (exact) mass is 465 g/mol. The summed E-state index contributed by atoms with van der Waals surface area (Å²) in [5.41, 5.74) is 2.87. The van der Waals surface area contributed by atoms with Crippen LogP contribution in [0.5, 0.6) is 11.5 Å². The number of aliphatic carboxylic acids is 1. The highest BCUT2D eigenvalue weighted by Gasteiger charge is 2.36. The number of hydrogen-bond donors (Lipinski definition) is 1. The van der Waals surface area contributed by atoms with Crippen molar-refractivity contribution in [3.63, 3.8) is 0 Å². The van der Waals surface area contributed by atoms with E-state index in [1.54, 1.807) is 13.2 Å². The third-order valence-corrected chi connectivity index (χ3v) is 6.30. The van der Waals surface area contributed by atoms with E-state index >= 15 is 0 Å². The predicted molar refractivity (Wildman–Crippen MR) is 129 cm³/mol. The van der Waals surface area contributed by atoms with Crippen LogP contribution < -0.4 is 9.47 Å². The van der Waals surface area contributed by atoms with Gasteiger partial charge in [0.25, 0.3) is 0 Å². The molecular formula is C27H28ClNO4. The van der Waals surface area contributed by atoms with Crippen molar-refractivity contribution in [1.29, 1.82) is 0 Å². The number of carboxylic acid groups (broad SMARTS) is 1. The summed E-state index contributed by atoms with van der Waals surface area (Å²) >= 11 is 6.38. The Morgan fingerprint density at radius 1 is 1.09 bits per heavy atom. The SMILES string of the molecule is COc1ccc(Cl)cc1C(c1cccc(OCc2ccccc2)c1)N1CCCCC1C(=O)O. The Hall–Kier alpha value is -3.02. The number of hydrogen-bond acceptors (Lipinski definition) is 4. The molecule has 3 aromatic rings. The van der Waals surface area contributed by atoms with Crippen molar-refractivity contribution in [2.24, 2.45) is 0 Å². The second-order valence-electron chi connectivity index (χ2n) is 8.22. The zero-order valence-electron chi connectivity index (χ0n) is 18.6. The van der Waals surface area contributed by atoms with Gasteiger partial charge in [0.15, 0.2) is 0 Å². The van der Waals surface area contributed by atoms with Gasteiger partial charge in [-0.05, 0) is 60.8 Å². The number of ether oxygens (including phenoxy) is 2. The van der Waals surface area contributed by atoms with E-state index in [1.165, 1.54) is 0 Å². The molecule has 33 heavy (non-hydrogen) atoms. The lowest BCUT2D eigenvalue weighted by molar-refractivity contribution is -0.145. The summed E-state index contributed by atoms with van der Waals surface area (Å²) in [6.07, 6.45) is 2.44. The molecule has 0 bridgehead atoms. The van der Waals surface area contributed by atoms with E-state index in [-0.39, 0.29) is 6.04 Å². The van der Waals surface area contributed by atoms with Crippen molar-refractivity contribution in [3.8, 4) is 11.5 Å². The van der Waals surface area contributed by atoms with Crippen LogP contribution >= 0.6 is 11.6 Å². The Bertz CT molecular complexity index is 1090. The summed E-state index contributed by atoms with van der Waals surface area (Å²) in [7, 11) is 1.62. The molecular weight excluding hydrogens is 438 g/mol. The van der Waals surface area contributed by atoms with Crippen molar-refractivity contribution >= 4 is 17.6 Å². The quantitative estimate of drug-likeness (QED) is 0.445. The number of halogens is 1. The van der Waals surface area contributed by atoms with Gasteiger partial charge in [-0.2, -0.15) is 0 Å². The molecule has 2 atom stereocenters. The van der Waals surface area contributed by atoms with Crippen LogP contribution in [0.3, 0.4) is 0 Å². The maximum atomic E-state index is 12.2. The second kappa shape index (κ2) is 10.7. The van der Waals surface area contributed by atoms with Gasteiger partial charge in [0.05, 0.1) is 13.2 Å². The molecule has 0 spiro atoms. The number of methoxy groups -OCH3 is 1. The Balaban J connectivity index is 1.73. The van der Waals surface area contributed by atoms with Gasteiger partial charge < -0.3 is 14.6 Å². The van der Waals surface area contributed by atoms with Gasteiger partial charge in [-0.25, -0.2) is 0 Å². The largest absolute Gasteiger partial charge is 0.496 e. The fraction of sp³-hybridized carbons (Fsp3) is 0.296. The summed E-state index contributed by atoms with van der Waals surface area (Å²) in [6, 6.07) is 22.4. The van der Waals surface area contributed by atoms with Gasteiger partial charge in [-0.15, -0.1) is 0 Å². The lowest BCUT2D eigenvalue weighted by Gasteiger charge is -2.40. The van der Waals surface area contributed by atoms with Crippen LogP contribution in [-0.4, -0.2) is 35.7 Å². The van der Waals surface area contributed by atoms with Crippen LogP contribution in [0.15, 0.2) is 72.8 Å². The number of carboxylic acids is 1. The molecule has 0 radical (unpaired) electrons. The maximum Gasteiger partial charge on any atom is 0.320 e. The fourth-order valence-corrected chi connectivity index (χ4v) is 4.69. The lowest BCUT2D eigenvalue weighted by atomic mass is 9.91. The van der Waals surface area contributed by atoms with Gasteiger partial charge in [0.1, 0.15) is 24.1 Å². The van der Waals surface area contributed by atoms with Crippen LogP contribution in [0.25, 0.3) is 0 Å². The summed E-state index contributed by atoms with van der Waals surface area (Å²) in [5, 5.41) is 10.6. The topological polar surface area (TPSA) is 59.0 Å². The minimum atomic E-state index is -0.808. The summed E-state index contributed by atoms with van der Waals surface area (Å²) in [4.78, 5) is 14.2. The first-order valence-electron chi connectivity index (χ1n) is 11.2. The Morgan fingerprint density at radius 3 is 2.67 bits per heavy atom. The normalized spacial score (nSPS) is 17.3. The highest BCUT2D eigenvalue weighted by atomic mass is 35.5. The minimum absolute atomic E-state index is 0.333. The summed E-state index contributed by atoms with van der Waals surface area (Å²) < 4.78 is 11.7. The molecule has 1 saturated heterocycles. The molecule has 6 heteroatoms. The number of rotatable bonds is 8. The Labute approximate surface area is 199 Å². The number of nitrogens with zero attached hydrogens (tertiary/aromatic N) is 1. The molecule has 3 aromatic carbocycles. The van der Waals surface area contributed by atoms with Gasteiger partial charge in [-0.3, -0.25) is 9.69 Å². The van der Waals surface area contributed by atoms with Crippen molar-refractivity contribution < 1.29 is 19.4 Å². The number of carbonyl (C=O) groups is 1. The van der Waals surface area contributed by atoms with E-state index in [2.05, 4.69) is 4.90 Å². The summed E-state index contributed by atoms with van der Waals surface area (Å²) in [6.45, 7) is 1.13. The van der Waals surface area contributed by atoms with Gasteiger partial charge in [0, 0.05) is 10.6 Å². The smallest absolute Gasteiger partial charge is 0.320 e. The Kier molecular flexibility index (Phi) is 7.53. The molecule has 0 amide bonds. The fourth-order valence-electron chi connectivity index (χ4n) is 4.51. The van der Waals surface area contributed by atoms with E-state index < -0.39 is 12.0 Å². The van der Waals surface area contributed by atoms with E-state index in [1.807, 2.05) is 66.7 Å². The molecule has 1 aliphatic heterocycles. The zero-order valence-corrected chi connectivity index (χ0v) is 19.4. The van der Waals surface area contributed by atoms with Gasteiger partial charge in [0.2, 0.25) is 0 Å². The predicted octanol–water partition coefficient (Wildman–Crippen LogP) is 5.96. The number of benzene rings is 3. The molecule has 4 rings (SSSR count). The van der Waals surface area contributed by atoms with Crippen molar-refractivity contribution in [1.82, 2.24) is 4.90 Å². The molecule has 0 aliphatic carbocycles. The van der Waals surface area contributed by atoms with E-state index in [0.717, 1.165) is 35.3 Å². The van der Waals surface area contributed by atoms with Crippen molar-refractivity contribution in [3.05, 3.63) is 94.5 Å². The first kappa shape index (κ1) is 23.1. The molecule has 0 saturated carbocycles. The first-order chi connectivity index (χ1) is 16.1. The molecule has 1 heterocycles. The highest BCUT2D eigenvalue weighted by molar-refractivity contribution is 6.30. The van der Waals surface area contributed by atoms with E-state index in [9.17, 15) is 9.90 Å². The van der Waals surface area contributed by atoms with Gasteiger partial charge in [-0.1, -0.05) is 60.5 Å². The Morgan fingerprint density at radius 2 is 1.91 bits per heavy atom. The second-order valence-corrected chi connectivity index (χ2v) is 8.66. The number of likely N-dealkylation sites (tertiary alicyclic amines) is 1. The van der Waals surface area contributed by atoms with E-state index in [4.69, 9.17) is 21.1 Å². The average Bonchev–Trinajstić information content (AvgIpc) is 2.84.